The van der Waals surface area contributed by atoms with Gasteiger partial charge in [-0.15, -0.1) is 0 Å². The Hall–Kier alpha value is -0.390. The molecule has 5 heteroatoms. The molecule has 104 valence electrons. The van der Waals surface area contributed by atoms with Crippen molar-refractivity contribution in [3.63, 3.8) is 0 Å². The first-order valence-electron chi connectivity index (χ1n) is 6.75. The summed E-state index contributed by atoms with van der Waals surface area (Å²) in [6, 6.07) is 4.78. The molecule has 1 saturated heterocycles. The van der Waals surface area contributed by atoms with E-state index in [9.17, 15) is 4.21 Å². The van der Waals surface area contributed by atoms with Gasteiger partial charge in [0.15, 0.2) is 0 Å². The lowest BCUT2D eigenvalue weighted by Crippen LogP contribution is -2.35. The molecular weight excluding hydrogens is 326 g/mol. The van der Waals surface area contributed by atoms with E-state index in [4.69, 9.17) is 4.74 Å². The monoisotopic (exact) mass is 343 g/mol. The van der Waals surface area contributed by atoms with Gasteiger partial charge in [-0.25, -0.2) is 0 Å². The second-order valence-electron chi connectivity index (χ2n) is 5.15. The maximum Gasteiger partial charge on any atom is 0.127 e. The van der Waals surface area contributed by atoms with E-state index in [1.807, 2.05) is 0 Å². The minimum absolute atomic E-state index is 0.494. The maximum atomic E-state index is 11.3. The fraction of sp³-hybridized carbons (Fsp3) is 0.571. The van der Waals surface area contributed by atoms with E-state index < -0.39 is 10.8 Å². The number of rotatable bonds is 3. The Morgan fingerprint density at radius 1 is 1.37 bits per heavy atom. The molecule has 2 heterocycles. The molecule has 1 aromatic rings. The average Bonchev–Trinajstić information content (AvgIpc) is 2.85. The SMILES string of the molecule is O=S1CCC(NCc2cc(Br)cc3c2OCC3)CC1. The summed E-state index contributed by atoms with van der Waals surface area (Å²) in [5, 5.41) is 3.58. The Bertz CT molecular complexity index is 496. The van der Waals surface area contributed by atoms with E-state index in [0.717, 1.165) is 54.1 Å². The first-order valence-corrected chi connectivity index (χ1v) is 9.03. The Kier molecular flexibility index (Phi) is 4.24. The molecule has 1 N–H and O–H groups in total. The summed E-state index contributed by atoms with van der Waals surface area (Å²) in [4.78, 5) is 0. The third-order valence-corrected chi connectivity index (χ3v) is 5.63. The zero-order chi connectivity index (χ0) is 13.2. The zero-order valence-electron chi connectivity index (χ0n) is 10.8. The van der Waals surface area contributed by atoms with Gasteiger partial charge in [-0.3, -0.25) is 4.21 Å². The Balaban J connectivity index is 1.65. The molecule has 2 aliphatic heterocycles. The molecule has 2 aliphatic rings. The highest BCUT2D eigenvalue weighted by Gasteiger charge is 2.20. The van der Waals surface area contributed by atoms with E-state index in [1.54, 1.807) is 0 Å². The van der Waals surface area contributed by atoms with Crippen molar-refractivity contribution in [1.82, 2.24) is 5.32 Å². The van der Waals surface area contributed by atoms with Crippen molar-refractivity contribution in [3.8, 4) is 5.75 Å². The number of benzene rings is 1. The normalized spacial score (nSPS) is 25.9. The molecule has 1 fully saturated rings. The van der Waals surface area contributed by atoms with Gasteiger partial charge in [0.1, 0.15) is 5.75 Å². The van der Waals surface area contributed by atoms with Crippen molar-refractivity contribution >= 4 is 26.7 Å². The predicted molar refractivity (Wildman–Crippen MR) is 81.1 cm³/mol. The van der Waals surface area contributed by atoms with Crippen LogP contribution in [0.15, 0.2) is 16.6 Å². The lowest BCUT2D eigenvalue weighted by molar-refractivity contribution is 0.351. The van der Waals surface area contributed by atoms with Crippen molar-refractivity contribution in [2.75, 3.05) is 18.1 Å². The Morgan fingerprint density at radius 3 is 2.95 bits per heavy atom. The largest absolute Gasteiger partial charge is 0.493 e. The Labute approximate surface area is 124 Å². The van der Waals surface area contributed by atoms with E-state index >= 15 is 0 Å². The van der Waals surface area contributed by atoms with Crippen LogP contribution in [-0.4, -0.2) is 28.4 Å². The molecule has 0 amide bonds. The van der Waals surface area contributed by atoms with Crippen LogP contribution in [0.2, 0.25) is 0 Å². The van der Waals surface area contributed by atoms with Gasteiger partial charge in [-0.05, 0) is 30.5 Å². The van der Waals surface area contributed by atoms with Crippen molar-refractivity contribution in [2.45, 2.75) is 31.8 Å². The van der Waals surface area contributed by atoms with Crippen LogP contribution < -0.4 is 10.1 Å². The van der Waals surface area contributed by atoms with Crippen molar-refractivity contribution in [1.29, 1.82) is 0 Å². The molecule has 0 atom stereocenters. The summed E-state index contributed by atoms with van der Waals surface area (Å²) in [7, 11) is -0.584. The van der Waals surface area contributed by atoms with E-state index in [0.29, 0.717) is 6.04 Å². The van der Waals surface area contributed by atoms with Gasteiger partial charge in [-0.2, -0.15) is 0 Å². The lowest BCUT2D eigenvalue weighted by Gasteiger charge is -2.23. The van der Waals surface area contributed by atoms with Crippen LogP contribution in [-0.2, 0) is 23.8 Å². The van der Waals surface area contributed by atoms with E-state index in [-0.39, 0.29) is 0 Å². The molecule has 0 spiro atoms. The summed E-state index contributed by atoms with van der Waals surface area (Å²) in [6.45, 7) is 1.63. The van der Waals surface area contributed by atoms with Crippen LogP contribution in [0, 0.1) is 0 Å². The summed E-state index contributed by atoms with van der Waals surface area (Å²) in [6.07, 6.45) is 3.04. The summed E-state index contributed by atoms with van der Waals surface area (Å²) < 4.78 is 18.2. The second kappa shape index (κ2) is 5.94. The number of fused-ring (bicyclic) bond motifs is 1. The molecule has 0 aromatic heterocycles. The number of hydrogen-bond donors (Lipinski definition) is 1. The summed E-state index contributed by atoms with van der Waals surface area (Å²) >= 11 is 3.57. The zero-order valence-corrected chi connectivity index (χ0v) is 13.2. The van der Waals surface area contributed by atoms with Gasteiger partial charge >= 0.3 is 0 Å². The third-order valence-electron chi connectivity index (χ3n) is 3.79. The Morgan fingerprint density at radius 2 is 2.16 bits per heavy atom. The van der Waals surface area contributed by atoms with Crippen molar-refractivity contribution in [3.05, 3.63) is 27.7 Å². The number of hydrogen-bond acceptors (Lipinski definition) is 3. The molecular formula is C14H18BrNO2S. The average molecular weight is 344 g/mol. The standard InChI is InChI=1S/C14H18BrNO2S/c15-12-7-10-1-4-18-14(10)11(8-12)9-16-13-2-5-19(17)6-3-13/h7-8,13,16H,1-6,9H2. The topological polar surface area (TPSA) is 38.3 Å². The number of nitrogens with one attached hydrogen (secondary N) is 1. The smallest absolute Gasteiger partial charge is 0.127 e. The van der Waals surface area contributed by atoms with Crippen molar-refractivity contribution < 1.29 is 8.95 Å². The molecule has 3 rings (SSSR count). The number of halogens is 1. The highest BCUT2D eigenvalue weighted by molar-refractivity contribution is 9.10. The van der Waals surface area contributed by atoms with Gasteiger partial charge in [0.25, 0.3) is 0 Å². The quantitative estimate of drug-likeness (QED) is 0.915. The molecule has 0 radical (unpaired) electrons. The van der Waals surface area contributed by atoms with Crippen LogP contribution in [0.5, 0.6) is 5.75 Å². The minimum Gasteiger partial charge on any atom is -0.493 e. The van der Waals surface area contributed by atoms with Crippen LogP contribution in [0.3, 0.4) is 0 Å². The molecule has 0 unspecified atom stereocenters. The second-order valence-corrected chi connectivity index (χ2v) is 7.77. The third kappa shape index (κ3) is 3.20. The van der Waals surface area contributed by atoms with E-state index in [2.05, 4.69) is 33.4 Å². The lowest BCUT2D eigenvalue weighted by atomic mass is 10.1. The van der Waals surface area contributed by atoms with Crippen LogP contribution in [0.4, 0.5) is 0 Å². The predicted octanol–water partition coefficient (Wildman–Crippen LogP) is 2.38. The van der Waals surface area contributed by atoms with Gasteiger partial charge in [0.2, 0.25) is 0 Å². The fourth-order valence-corrected chi connectivity index (χ4v) is 4.58. The van der Waals surface area contributed by atoms with Gasteiger partial charge in [-0.1, -0.05) is 15.9 Å². The van der Waals surface area contributed by atoms with E-state index in [1.165, 1.54) is 11.1 Å². The van der Waals surface area contributed by atoms with Crippen LogP contribution in [0.25, 0.3) is 0 Å². The molecule has 3 nitrogen and oxygen atoms in total. The van der Waals surface area contributed by atoms with Crippen LogP contribution in [0.1, 0.15) is 24.0 Å². The highest BCUT2D eigenvalue weighted by Crippen LogP contribution is 2.33. The first-order chi connectivity index (χ1) is 9.22. The first kappa shape index (κ1) is 13.6. The molecule has 0 aliphatic carbocycles. The van der Waals surface area contributed by atoms with Crippen molar-refractivity contribution in [2.24, 2.45) is 0 Å². The van der Waals surface area contributed by atoms with Crippen LogP contribution >= 0.6 is 15.9 Å². The summed E-state index contributed by atoms with van der Waals surface area (Å²) in [5.41, 5.74) is 2.53. The molecule has 19 heavy (non-hydrogen) atoms. The summed E-state index contributed by atoms with van der Waals surface area (Å²) in [5.74, 6) is 2.74. The van der Waals surface area contributed by atoms with Gasteiger partial charge in [0.05, 0.1) is 6.61 Å². The number of ether oxygens (including phenoxy) is 1. The molecule has 1 aromatic carbocycles. The maximum absolute atomic E-state index is 11.3. The minimum atomic E-state index is -0.584. The van der Waals surface area contributed by atoms with Gasteiger partial charge in [0, 0.05) is 51.3 Å². The molecule has 0 saturated carbocycles. The highest BCUT2D eigenvalue weighted by atomic mass is 79.9. The van der Waals surface area contributed by atoms with Gasteiger partial charge < -0.3 is 10.1 Å². The fourth-order valence-electron chi connectivity index (χ4n) is 2.73. The molecule has 0 bridgehead atoms.